The van der Waals surface area contributed by atoms with Crippen LogP contribution in [0.2, 0.25) is 0 Å². The van der Waals surface area contributed by atoms with Crippen LogP contribution in [0.5, 0.6) is 0 Å². The van der Waals surface area contributed by atoms with Crippen LogP contribution < -0.4 is 10.6 Å². The molecule has 0 aliphatic carbocycles. The molecule has 0 saturated carbocycles. The molecule has 0 bridgehead atoms. The van der Waals surface area contributed by atoms with Crippen molar-refractivity contribution in [2.75, 3.05) is 38.3 Å². The summed E-state index contributed by atoms with van der Waals surface area (Å²) in [6, 6.07) is 7.80. The van der Waals surface area contributed by atoms with E-state index in [1.54, 1.807) is 0 Å². The Morgan fingerprint density at radius 3 is 2.80 bits per heavy atom. The first-order valence-electron chi connectivity index (χ1n) is 7.02. The number of carbonyl (C=O) groups is 1. The summed E-state index contributed by atoms with van der Waals surface area (Å²) in [4.78, 5) is 16.3. The Balaban J connectivity index is 2.06. The smallest absolute Gasteiger partial charge is 0.245 e. The standard InChI is InChI=1S/C15H23N3O2/c1-12(15(19)18-6-8-20-9-7-18)17(2)14-5-3-4-13(10-14)11-16/h3-5,10,12H,6-9,11,16H2,1-2H3. The summed E-state index contributed by atoms with van der Waals surface area (Å²) in [6.07, 6.45) is 0. The maximum atomic E-state index is 12.5. The number of nitrogens with two attached hydrogens (primary N) is 1. The van der Waals surface area contributed by atoms with Crippen LogP contribution in [0.4, 0.5) is 5.69 Å². The third-order valence-corrected chi connectivity index (χ3v) is 3.81. The van der Waals surface area contributed by atoms with Gasteiger partial charge in [0.15, 0.2) is 0 Å². The SMILES string of the molecule is CC(C(=O)N1CCOCC1)N(C)c1cccc(CN)c1. The van der Waals surface area contributed by atoms with Crippen LogP contribution in [0.3, 0.4) is 0 Å². The van der Waals surface area contributed by atoms with E-state index < -0.39 is 0 Å². The Labute approximate surface area is 120 Å². The second-order valence-electron chi connectivity index (χ2n) is 5.10. The minimum absolute atomic E-state index is 0.147. The van der Waals surface area contributed by atoms with E-state index in [2.05, 4.69) is 0 Å². The summed E-state index contributed by atoms with van der Waals surface area (Å²) < 4.78 is 5.28. The highest BCUT2D eigenvalue weighted by molar-refractivity contribution is 5.85. The topological polar surface area (TPSA) is 58.8 Å². The van der Waals surface area contributed by atoms with Gasteiger partial charge in [-0.2, -0.15) is 0 Å². The number of ether oxygens (including phenoxy) is 1. The third kappa shape index (κ3) is 3.29. The summed E-state index contributed by atoms with van der Waals surface area (Å²) in [5.41, 5.74) is 7.75. The van der Waals surface area contributed by atoms with E-state index in [-0.39, 0.29) is 11.9 Å². The van der Waals surface area contributed by atoms with Crippen molar-refractivity contribution < 1.29 is 9.53 Å². The van der Waals surface area contributed by atoms with Gasteiger partial charge in [0.1, 0.15) is 6.04 Å². The molecule has 1 fully saturated rings. The van der Waals surface area contributed by atoms with Crippen LogP contribution in [0.25, 0.3) is 0 Å². The van der Waals surface area contributed by atoms with Gasteiger partial charge in [0.25, 0.3) is 0 Å². The number of nitrogens with zero attached hydrogens (tertiary/aromatic N) is 2. The molecule has 1 aliphatic heterocycles. The molecule has 0 radical (unpaired) electrons. The van der Waals surface area contributed by atoms with Crippen LogP contribution in [0.15, 0.2) is 24.3 Å². The number of amides is 1. The van der Waals surface area contributed by atoms with Crippen molar-refractivity contribution in [1.82, 2.24) is 4.90 Å². The van der Waals surface area contributed by atoms with Crippen LogP contribution in [-0.2, 0) is 16.1 Å². The van der Waals surface area contributed by atoms with Gasteiger partial charge < -0.3 is 20.3 Å². The maximum Gasteiger partial charge on any atom is 0.245 e. The minimum atomic E-state index is -0.193. The summed E-state index contributed by atoms with van der Waals surface area (Å²) in [5, 5.41) is 0. The Bertz CT molecular complexity index is 458. The lowest BCUT2D eigenvalue weighted by Gasteiger charge is -2.33. The number of carbonyl (C=O) groups excluding carboxylic acids is 1. The molecule has 1 atom stereocenters. The van der Waals surface area contributed by atoms with Crippen molar-refractivity contribution in [2.24, 2.45) is 5.73 Å². The van der Waals surface area contributed by atoms with Crippen LogP contribution in [0, 0.1) is 0 Å². The molecule has 1 amide bonds. The lowest BCUT2D eigenvalue weighted by atomic mass is 10.1. The molecule has 5 nitrogen and oxygen atoms in total. The van der Waals surface area contributed by atoms with E-state index >= 15 is 0 Å². The molecule has 20 heavy (non-hydrogen) atoms. The maximum absolute atomic E-state index is 12.5. The van der Waals surface area contributed by atoms with Gasteiger partial charge >= 0.3 is 0 Å². The van der Waals surface area contributed by atoms with Gasteiger partial charge in [0, 0.05) is 32.4 Å². The minimum Gasteiger partial charge on any atom is -0.378 e. The van der Waals surface area contributed by atoms with Gasteiger partial charge in [-0.1, -0.05) is 12.1 Å². The second-order valence-corrected chi connectivity index (χ2v) is 5.10. The van der Waals surface area contributed by atoms with Crippen LogP contribution >= 0.6 is 0 Å². The molecule has 5 heteroatoms. The highest BCUT2D eigenvalue weighted by atomic mass is 16.5. The van der Waals surface area contributed by atoms with Gasteiger partial charge in [-0.05, 0) is 24.6 Å². The molecule has 0 aromatic heterocycles. The summed E-state index contributed by atoms with van der Waals surface area (Å²) in [5.74, 6) is 0.147. The summed E-state index contributed by atoms with van der Waals surface area (Å²) >= 11 is 0. The lowest BCUT2D eigenvalue weighted by Crippen LogP contribution is -2.49. The second kappa shape index (κ2) is 6.72. The number of hydrogen-bond acceptors (Lipinski definition) is 4. The molecule has 1 saturated heterocycles. The molecular weight excluding hydrogens is 254 g/mol. The molecule has 1 aromatic carbocycles. The molecule has 2 N–H and O–H groups in total. The zero-order valence-corrected chi connectivity index (χ0v) is 12.2. The molecule has 1 aliphatic rings. The molecule has 1 heterocycles. The predicted octanol–water partition coefficient (Wildman–Crippen LogP) is 0.829. The molecule has 1 aromatic rings. The van der Waals surface area contributed by atoms with E-state index in [1.807, 2.05) is 48.0 Å². The Morgan fingerprint density at radius 1 is 1.45 bits per heavy atom. The third-order valence-electron chi connectivity index (χ3n) is 3.81. The van der Waals surface area contributed by atoms with E-state index in [9.17, 15) is 4.79 Å². The van der Waals surface area contributed by atoms with Gasteiger partial charge in [-0.3, -0.25) is 4.79 Å². The first-order valence-corrected chi connectivity index (χ1v) is 7.02. The zero-order valence-electron chi connectivity index (χ0n) is 12.2. The van der Waals surface area contributed by atoms with Gasteiger partial charge in [0.2, 0.25) is 5.91 Å². The monoisotopic (exact) mass is 277 g/mol. The largest absolute Gasteiger partial charge is 0.378 e. The van der Waals surface area contributed by atoms with E-state index in [1.165, 1.54) is 0 Å². The molecule has 0 spiro atoms. The number of rotatable bonds is 4. The highest BCUT2D eigenvalue weighted by Gasteiger charge is 2.25. The van der Waals surface area contributed by atoms with E-state index in [4.69, 9.17) is 10.5 Å². The Morgan fingerprint density at radius 2 is 2.15 bits per heavy atom. The Kier molecular flexibility index (Phi) is 4.98. The van der Waals surface area contributed by atoms with E-state index in [0.717, 1.165) is 11.3 Å². The summed E-state index contributed by atoms with van der Waals surface area (Å²) in [7, 11) is 1.94. The van der Waals surface area contributed by atoms with Crippen molar-refractivity contribution in [3.05, 3.63) is 29.8 Å². The average molecular weight is 277 g/mol. The lowest BCUT2D eigenvalue weighted by molar-refractivity contribution is -0.136. The highest BCUT2D eigenvalue weighted by Crippen LogP contribution is 2.18. The number of anilines is 1. The van der Waals surface area contributed by atoms with E-state index in [0.29, 0.717) is 32.8 Å². The average Bonchev–Trinajstić information content (AvgIpc) is 2.53. The normalized spacial score (nSPS) is 16.9. The first kappa shape index (κ1) is 14.8. The van der Waals surface area contributed by atoms with Crippen LogP contribution in [-0.4, -0.2) is 50.2 Å². The predicted molar refractivity (Wildman–Crippen MR) is 79.6 cm³/mol. The Hall–Kier alpha value is -1.59. The number of likely N-dealkylation sites (N-methyl/N-ethyl adjacent to an activating group) is 1. The molecule has 1 unspecified atom stereocenters. The van der Waals surface area contributed by atoms with Crippen LogP contribution in [0.1, 0.15) is 12.5 Å². The fourth-order valence-corrected chi connectivity index (χ4v) is 2.34. The number of morpholine rings is 1. The van der Waals surface area contributed by atoms with Crippen molar-refractivity contribution in [2.45, 2.75) is 19.5 Å². The van der Waals surface area contributed by atoms with Gasteiger partial charge in [-0.15, -0.1) is 0 Å². The quantitative estimate of drug-likeness (QED) is 0.885. The van der Waals surface area contributed by atoms with Gasteiger partial charge in [-0.25, -0.2) is 0 Å². The summed E-state index contributed by atoms with van der Waals surface area (Å²) in [6.45, 7) is 5.07. The van der Waals surface area contributed by atoms with Gasteiger partial charge in [0.05, 0.1) is 13.2 Å². The molecule has 2 rings (SSSR count). The fraction of sp³-hybridized carbons (Fsp3) is 0.533. The van der Waals surface area contributed by atoms with Crippen molar-refractivity contribution in [3.8, 4) is 0 Å². The fourth-order valence-electron chi connectivity index (χ4n) is 2.34. The first-order chi connectivity index (χ1) is 9.63. The number of hydrogen-bond donors (Lipinski definition) is 1. The number of benzene rings is 1. The van der Waals surface area contributed by atoms with Crippen molar-refractivity contribution in [1.29, 1.82) is 0 Å². The molecular formula is C15H23N3O2. The molecule has 110 valence electrons. The van der Waals surface area contributed by atoms with Crippen molar-refractivity contribution >= 4 is 11.6 Å². The zero-order chi connectivity index (χ0) is 14.5. The van der Waals surface area contributed by atoms with Crippen molar-refractivity contribution in [3.63, 3.8) is 0 Å².